The molecule has 3 N–H and O–H groups in total. The summed E-state index contributed by atoms with van der Waals surface area (Å²) in [5.74, 6) is 0.145. The predicted molar refractivity (Wildman–Crippen MR) is 113 cm³/mol. The number of anilines is 1. The van der Waals surface area contributed by atoms with Crippen molar-refractivity contribution in [3.8, 4) is 11.4 Å². The fraction of sp³-hybridized carbons (Fsp3) is 0.150. The van der Waals surface area contributed by atoms with Gasteiger partial charge in [0.1, 0.15) is 12.1 Å². The van der Waals surface area contributed by atoms with Crippen LogP contribution in [-0.2, 0) is 16.4 Å². The largest absolute Gasteiger partial charge is 0.516 e. The van der Waals surface area contributed by atoms with E-state index in [0.29, 0.717) is 40.1 Å². The maximum absolute atomic E-state index is 12.7. The van der Waals surface area contributed by atoms with E-state index < -0.39 is 15.5 Å². The highest BCUT2D eigenvalue weighted by molar-refractivity contribution is 7.93. The summed E-state index contributed by atoms with van der Waals surface area (Å²) in [5.41, 5.74) is -3.04. The fourth-order valence-corrected chi connectivity index (χ4v) is 3.57. The molecule has 0 aliphatic rings. The van der Waals surface area contributed by atoms with Crippen molar-refractivity contribution in [3.63, 3.8) is 0 Å². The molecule has 3 heterocycles. The Morgan fingerprint density at radius 3 is 2.55 bits per heavy atom. The van der Waals surface area contributed by atoms with Gasteiger partial charge in [0.15, 0.2) is 5.65 Å². The summed E-state index contributed by atoms with van der Waals surface area (Å²) >= 11 is 0. The standard InChI is InChI=1S/C20H16F3N5O4S/c21-20(22,23)33(30,31)28-14-3-1-12(2-4-14)5-8-25-19(29)15-6-9-24-18-16(15)26-17(27-18)13-7-10-32-11-13/h1-4,6-7,9-11,28H,5,8H2,(H,25,29)(H,24,26,27). The van der Waals surface area contributed by atoms with Crippen LogP contribution in [0, 0.1) is 0 Å². The van der Waals surface area contributed by atoms with E-state index in [-0.39, 0.29) is 18.1 Å². The summed E-state index contributed by atoms with van der Waals surface area (Å²) in [6.07, 6.45) is 4.85. The van der Waals surface area contributed by atoms with Crippen LogP contribution in [0.2, 0.25) is 0 Å². The van der Waals surface area contributed by atoms with Crippen molar-refractivity contribution in [1.82, 2.24) is 20.3 Å². The lowest BCUT2D eigenvalue weighted by Gasteiger charge is -2.11. The third-order valence-corrected chi connectivity index (χ3v) is 5.76. The molecule has 1 amide bonds. The maximum Gasteiger partial charge on any atom is 0.516 e. The number of benzene rings is 1. The van der Waals surface area contributed by atoms with Crippen LogP contribution in [0.25, 0.3) is 22.6 Å². The Bertz CT molecular complexity index is 1380. The second-order valence-corrected chi connectivity index (χ2v) is 8.58. The number of nitrogens with zero attached hydrogens (tertiary/aromatic N) is 2. The highest BCUT2D eigenvalue weighted by Crippen LogP contribution is 2.25. The SMILES string of the molecule is O=C(NCCc1ccc(NS(=O)(=O)C(F)(F)F)cc1)c1ccnc2nc(-c3ccoc3)[nH]c12. The van der Waals surface area contributed by atoms with Gasteiger partial charge < -0.3 is 14.7 Å². The highest BCUT2D eigenvalue weighted by Gasteiger charge is 2.46. The number of carbonyl (C=O) groups is 1. The zero-order chi connectivity index (χ0) is 23.6. The van der Waals surface area contributed by atoms with Gasteiger partial charge in [-0.15, -0.1) is 0 Å². The number of rotatable bonds is 7. The molecule has 4 aromatic rings. The van der Waals surface area contributed by atoms with Gasteiger partial charge in [-0.1, -0.05) is 12.1 Å². The van der Waals surface area contributed by atoms with Crippen molar-refractivity contribution in [2.45, 2.75) is 11.9 Å². The average Bonchev–Trinajstić information content (AvgIpc) is 3.43. The number of pyridine rings is 1. The van der Waals surface area contributed by atoms with Crippen molar-refractivity contribution < 1.29 is 30.8 Å². The lowest BCUT2D eigenvalue weighted by Crippen LogP contribution is -2.29. The number of halogens is 3. The summed E-state index contributed by atoms with van der Waals surface area (Å²) in [7, 11) is -5.48. The van der Waals surface area contributed by atoms with Gasteiger partial charge in [0, 0.05) is 18.4 Å². The van der Waals surface area contributed by atoms with E-state index in [2.05, 4.69) is 20.3 Å². The van der Waals surface area contributed by atoms with Crippen LogP contribution < -0.4 is 10.0 Å². The van der Waals surface area contributed by atoms with Crippen LogP contribution in [0.1, 0.15) is 15.9 Å². The van der Waals surface area contributed by atoms with E-state index in [4.69, 9.17) is 4.42 Å². The van der Waals surface area contributed by atoms with E-state index in [1.165, 1.54) is 47.7 Å². The van der Waals surface area contributed by atoms with E-state index in [9.17, 15) is 26.4 Å². The van der Waals surface area contributed by atoms with Crippen LogP contribution in [-0.4, -0.2) is 41.3 Å². The molecule has 0 atom stereocenters. The number of imidazole rings is 1. The van der Waals surface area contributed by atoms with E-state index >= 15 is 0 Å². The van der Waals surface area contributed by atoms with Crippen LogP contribution in [0.3, 0.4) is 0 Å². The number of furan rings is 1. The molecule has 0 aliphatic carbocycles. The molecule has 0 spiro atoms. The fourth-order valence-electron chi connectivity index (χ4n) is 3.00. The first-order chi connectivity index (χ1) is 15.6. The van der Waals surface area contributed by atoms with Crippen LogP contribution in [0.5, 0.6) is 0 Å². The van der Waals surface area contributed by atoms with Crippen molar-refractivity contribution >= 4 is 32.8 Å². The minimum atomic E-state index is -5.48. The minimum Gasteiger partial charge on any atom is -0.472 e. The zero-order valence-electron chi connectivity index (χ0n) is 16.7. The number of fused-ring (bicyclic) bond motifs is 1. The first-order valence-electron chi connectivity index (χ1n) is 9.47. The molecule has 172 valence electrons. The molecule has 0 unspecified atom stereocenters. The van der Waals surface area contributed by atoms with Crippen molar-refractivity contribution in [2.75, 3.05) is 11.3 Å². The Labute approximate surface area is 185 Å². The number of H-pyrrole nitrogens is 1. The normalized spacial score (nSPS) is 12.1. The lowest BCUT2D eigenvalue weighted by atomic mass is 10.1. The minimum absolute atomic E-state index is 0.216. The van der Waals surface area contributed by atoms with Gasteiger partial charge in [0.25, 0.3) is 5.91 Å². The molecule has 0 fully saturated rings. The molecular weight excluding hydrogens is 463 g/mol. The maximum atomic E-state index is 12.7. The second kappa shape index (κ2) is 8.58. The van der Waals surface area contributed by atoms with Crippen molar-refractivity contribution in [3.05, 3.63) is 66.2 Å². The number of amides is 1. The van der Waals surface area contributed by atoms with Gasteiger partial charge in [0.2, 0.25) is 0 Å². The van der Waals surface area contributed by atoms with E-state index in [1.54, 1.807) is 12.1 Å². The summed E-state index contributed by atoms with van der Waals surface area (Å²) < 4.78 is 66.1. The second-order valence-electron chi connectivity index (χ2n) is 6.91. The molecule has 0 saturated carbocycles. The van der Waals surface area contributed by atoms with Gasteiger partial charge >= 0.3 is 15.5 Å². The molecular formula is C20H16F3N5O4S. The van der Waals surface area contributed by atoms with E-state index in [0.717, 1.165) is 0 Å². The third-order valence-electron chi connectivity index (χ3n) is 4.64. The molecule has 4 rings (SSSR count). The van der Waals surface area contributed by atoms with Gasteiger partial charge in [-0.05, 0) is 36.2 Å². The number of sulfonamides is 1. The summed E-state index contributed by atoms with van der Waals surface area (Å²) in [6, 6.07) is 8.64. The smallest absolute Gasteiger partial charge is 0.472 e. The van der Waals surface area contributed by atoms with Gasteiger partial charge in [-0.2, -0.15) is 21.6 Å². The zero-order valence-corrected chi connectivity index (χ0v) is 17.5. The number of aromatic nitrogens is 3. The molecule has 0 aliphatic heterocycles. The molecule has 0 saturated heterocycles. The van der Waals surface area contributed by atoms with Crippen LogP contribution >= 0.6 is 0 Å². The van der Waals surface area contributed by atoms with Gasteiger partial charge in [0.05, 0.1) is 22.9 Å². The molecule has 33 heavy (non-hydrogen) atoms. The molecule has 13 heteroatoms. The molecule has 0 radical (unpaired) electrons. The average molecular weight is 479 g/mol. The Hall–Kier alpha value is -3.87. The molecule has 0 bridgehead atoms. The Morgan fingerprint density at radius 1 is 1.12 bits per heavy atom. The van der Waals surface area contributed by atoms with Crippen molar-refractivity contribution in [2.24, 2.45) is 0 Å². The number of carbonyl (C=O) groups excluding carboxylic acids is 1. The summed E-state index contributed by atoms with van der Waals surface area (Å²) in [5, 5.41) is 2.76. The quantitative estimate of drug-likeness (QED) is 0.372. The number of nitrogens with one attached hydrogen (secondary N) is 3. The molecule has 3 aromatic heterocycles. The highest BCUT2D eigenvalue weighted by atomic mass is 32.2. The number of alkyl halides is 3. The lowest BCUT2D eigenvalue weighted by molar-refractivity contribution is -0.0429. The van der Waals surface area contributed by atoms with E-state index in [1.807, 2.05) is 0 Å². The topological polar surface area (TPSA) is 130 Å². The Balaban J connectivity index is 1.38. The van der Waals surface area contributed by atoms with Crippen LogP contribution in [0.4, 0.5) is 18.9 Å². The molecule has 9 nitrogen and oxygen atoms in total. The third kappa shape index (κ3) is 4.82. The number of hydrogen-bond donors (Lipinski definition) is 3. The van der Waals surface area contributed by atoms with Crippen molar-refractivity contribution in [1.29, 1.82) is 0 Å². The summed E-state index contributed by atoms with van der Waals surface area (Å²) in [6.45, 7) is 0.235. The molecule has 1 aromatic carbocycles. The van der Waals surface area contributed by atoms with Crippen LogP contribution in [0.15, 0.2) is 59.5 Å². The Kier molecular flexibility index (Phi) is 5.80. The first-order valence-corrected chi connectivity index (χ1v) is 11.0. The monoisotopic (exact) mass is 479 g/mol. The predicted octanol–water partition coefficient (Wildman–Crippen LogP) is 3.45. The van der Waals surface area contributed by atoms with Gasteiger partial charge in [-0.3, -0.25) is 9.52 Å². The Morgan fingerprint density at radius 2 is 1.88 bits per heavy atom. The summed E-state index contributed by atoms with van der Waals surface area (Å²) in [4.78, 5) is 24.2. The van der Waals surface area contributed by atoms with Gasteiger partial charge in [-0.25, -0.2) is 9.97 Å². The first kappa shape index (κ1) is 22.3. The number of hydrogen-bond acceptors (Lipinski definition) is 6. The number of aromatic amines is 1.